The number of pyridine rings is 1. The van der Waals surface area contributed by atoms with E-state index >= 15 is 0 Å². The fourth-order valence-electron chi connectivity index (χ4n) is 1.78. The van der Waals surface area contributed by atoms with Gasteiger partial charge in [-0.2, -0.15) is 0 Å². The molecule has 2 rings (SSSR count). The Bertz CT molecular complexity index is 336. The lowest BCUT2D eigenvalue weighted by Crippen LogP contribution is -2.43. The fourth-order valence-corrected chi connectivity index (χ4v) is 1.78. The van der Waals surface area contributed by atoms with Gasteiger partial charge in [-0.05, 0) is 6.07 Å². The van der Waals surface area contributed by atoms with Crippen LogP contribution in [0.5, 0.6) is 0 Å². The Morgan fingerprint density at radius 3 is 2.80 bits per heavy atom. The molecule has 0 aromatic carbocycles. The number of nitrogens with zero attached hydrogens (tertiary/aromatic N) is 2. The first-order valence-electron chi connectivity index (χ1n) is 5.12. The molecule has 0 saturated carbocycles. The van der Waals surface area contributed by atoms with Crippen LogP contribution in [-0.2, 0) is 6.61 Å². The van der Waals surface area contributed by atoms with Gasteiger partial charge in [-0.1, -0.05) is 0 Å². The normalized spacial score (nSPS) is 16.7. The number of nitrogen functional groups attached to an aromatic ring is 1. The quantitative estimate of drug-likeness (QED) is 0.614. The predicted octanol–water partition coefficient (Wildman–Crippen LogP) is -0.434. The number of nitrogens with two attached hydrogens (primary N) is 1. The number of aliphatic hydroxyl groups excluding tert-OH is 1. The average molecular weight is 208 g/mol. The molecular weight excluding hydrogens is 192 g/mol. The monoisotopic (exact) mass is 208 g/mol. The van der Waals surface area contributed by atoms with Crippen molar-refractivity contribution in [2.24, 2.45) is 0 Å². The second kappa shape index (κ2) is 4.46. The molecule has 0 radical (unpaired) electrons. The standard InChI is InChI=1S/C10H16N4O/c11-10-6-9(5-8(7-15)13-10)14-3-1-12-2-4-14/h5-6,12,15H,1-4,7H2,(H2,11,13). The highest BCUT2D eigenvalue weighted by Gasteiger charge is 2.11. The van der Waals surface area contributed by atoms with E-state index in [0.29, 0.717) is 11.5 Å². The highest BCUT2D eigenvalue weighted by Crippen LogP contribution is 2.18. The lowest BCUT2D eigenvalue weighted by molar-refractivity contribution is 0.277. The molecule has 0 unspecified atom stereocenters. The molecule has 0 bridgehead atoms. The highest BCUT2D eigenvalue weighted by atomic mass is 16.3. The summed E-state index contributed by atoms with van der Waals surface area (Å²) in [5, 5.41) is 12.3. The molecule has 82 valence electrons. The zero-order valence-electron chi connectivity index (χ0n) is 8.61. The van der Waals surface area contributed by atoms with Crippen molar-refractivity contribution >= 4 is 11.5 Å². The zero-order chi connectivity index (χ0) is 10.7. The fraction of sp³-hybridized carbons (Fsp3) is 0.500. The smallest absolute Gasteiger partial charge is 0.125 e. The van der Waals surface area contributed by atoms with Crippen LogP contribution in [0.4, 0.5) is 11.5 Å². The highest BCUT2D eigenvalue weighted by molar-refractivity contribution is 5.54. The number of piperazine rings is 1. The van der Waals surface area contributed by atoms with Gasteiger partial charge in [0.2, 0.25) is 0 Å². The van der Waals surface area contributed by atoms with Crippen LogP contribution in [0.3, 0.4) is 0 Å². The summed E-state index contributed by atoms with van der Waals surface area (Å²) in [6.07, 6.45) is 0. The number of aromatic nitrogens is 1. The van der Waals surface area contributed by atoms with Gasteiger partial charge < -0.3 is 21.1 Å². The Morgan fingerprint density at radius 2 is 2.13 bits per heavy atom. The van der Waals surface area contributed by atoms with Gasteiger partial charge in [0.1, 0.15) is 5.82 Å². The maximum atomic E-state index is 9.04. The minimum absolute atomic E-state index is 0.0653. The largest absolute Gasteiger partial charge is 0.390 e. The minimum Gasteiger partial charge on any atom is -0.390 e. The Morgan fingerprint density at radius 1 is 1.40 bits per heavy atom. The number of nitrogens with one attached hydrogen (secondary N) is 1. The van der Waals surface area contributed by atoms with E-state index in [1.807, 2.05) is 12.1 Å². The average Bonchev–Trinajstić information content (AvgIpc) is 2.29. The van der Waals surface area contributed by atoms with E-state index in [-0.39, 0.29) is 6.61 Å². The van der Waals surface area contributed by atoms with Crippen LogP contribution in [0.2, 0.25) is 0 Å². The van der Waals surface area contributed by atoms with Crippen molar-refractivity contribution in [3.63, 3.8) is 0 Å². The molecule has 1 saturated heterocycles. The molecule has 1 fully saturated rings. The van der Waals surface area contributed by atoms with Gasteiger partial charge in [0, 0.05) is 37.9 Å². The van der Waals surface area contributed by atoms with Crippen LogP contribution in [0.1, 0.15) is 5.69 Å². The first-order chi connectivity index (χ1) is 7.29. The maximum Gasteiger partial charge on any atom is 0.125 e. The Labute approximate surface area is 88.9 Å². The number of anilines is 2. The van der Waals surface area contributed by atoms with E-state index in [2.05, 4.69) is 15.2 Å². The topological polar surface area (TPSA) is 74.4 Å². The van der Waals surface area contributed by atoms with Crippen LogP contribution >= 0.6 is 0 Å². The van der Waals surface area contributed by atoms with Crippen LogP contribution in [0, 0.1) is 0 Å². The third kappa shape index (κ3) is 2.37. The first-order valence-corrected chi connectivity index (χ1v) is 5.12. The third-order valence-corrected chi connectivity index (χ3v) is 2.53. The molecule has 1 aromatic heterocycles. The molecule has 4 N–H and O–H groups in total. The molecule has 0 amide bonds. The molecular formula is C10H16N4O. The van der Waals surface area contributed by atoms with Crippen molar-refractivity contribution < 1.29 is 5.11 Å². The van der Waals surface area contributed by atoms with Crippen molar-refractivity contribution in [2.45, 2.75) is 6.61 Å². The van der Waals surface area contributed by atoms with Crippen LogP contribution in [0.25, 0.3) is 0 Å². The Balaban J connectivity index is 2.22. The number of aliphatic hydroxyl groups is 1. The van der Waals surface area contributed by atoms with Gasteiger partial charge in [-0.3, -0.25) is 0 Å². The SMILES string of the molecule is Nc1cc(N2CCNCC2)cc(CO)n1. The molecule has 2 heterocycles. The number of hydrogen-bond acceptors (Lipinski definition) is 5. The Hall–Kier alpha value is -1.33. The van der Waals surface area contributed by atoms with Gasteiger partial charge in [-0.15, -0.1) is 0 Å². The second-order valence-electron chi connectivity index (χ2n) is 3.64. The van der Waals surface area contributed by atoms with E-state index in [1.54, 1.807) is 0 Å². The summed E-state index contributed by atoms with van der Waals surface area (Å²) >= 11 is 0. The summed E-state index contributed by atoms with van der Waals surface area (Å²) < 4.78 is 0. The maximum absolute atomic E-state index is 9.04. The molecule has 1 aliphatic heterocycles. The lowest BCUT2D eigenvalue weighted by Gasteiger charge is -2.29. The van der Waals surface area contributed by atoms with E-state index in [9.17, 15) is 0 Å². The molecule has 1 aliphatic rings. The van der Waals surface area contributed by atoms with Crippen LogP contribution in [-0.4, -0.2) is 36.3 Å². The molecule has 5 heteroatoms. The predicted molar refractivity (Wildman–Crippen MR) is 59.7 cm³/mol. The van der Waals surface area contributed by atoms with Crippen molar-refractivity contribution in [1.82, 2.24) is 10.3 Å². The van der Waals surface area contributed by atoms with Crippen LogP contribution < -0.4 is 16.0 Å². The Kier molecular flexibility index (Phi) is 3.03. The molecule has 15 heavy (non-hydrogen) atoms. The third-order valence-electron chi connectivity index (χ3n) is 2.53. The van der Waals surface area contributed by atoms with Crippen molar-refractivity contribution in [2.75, 3.05) is 36.8 Å². The summed E-state index contributed by atoms with van der Waals surface area (Å²) in [5.74, 6) is 0.468. The summed E-state index contributed by atoms with van der Waals surface area (Å²) in [5.41, 5.74) is 7.35. The van der Waals surface area contributed by atoms with Crippen molar-refractivity contribution in [3.05, 3.63) is 17.8 Å². The van der Waals surface area contributed by atoms with E-state index in [0.717, 1.165) is 31.9 Å². The summed E-state index contributed by atoms with van der Waals surface area (Å²) in [4.78, 5) is 6.28. The van der Waals surface area contributed by atoms with E-state index in [1.165, 1.54) is 0 Å². The summed E-state index contributed by atoms with van der Waals surface area (Å²) in [6.45, 7) is 3.83. The van der Waals surface area contributed by atoms with Gasteiger partial charge in [0.05, 0.1) is 12.3 Å². The number of rotatable bonds is 2. The molecule has 5 nitrogen and oxygen atoms in total. The minimum atomic E-state index is -0.0653. The van der Waals surface area contributed by atoms with Gasteiger partial charge in [0.25, 0.3) is 0 Å². The van der Waals surface area contributed by atoms with Gasteiger partial charge in [0.15, 0.2) is 0 Å². The van der Waals surface area contributed by atoms with Crippen molar-refractivity contribution in [1.29, 1.82) is 0 Å². The first kappa shape index (κ1) is 10.2. The number of hydrogen-bond donors (Lipinski definition) is 3. The summed E-state index contributed by atoms with van der Waals surface area (Å²) in [6, 6.07) is 3.74. The molecule has 1 aromatic rings. The molecule has 0 aliphatic carbocycles. The summed E-state index contributed by atoms with van der Waals surface area (Å²) in [7, 11) is 0. The van der Waals surface area contributed by atoms with Gasteiger partial charge >= 0.3 is 0 Å². The van der Waals surface area contributed by atoms with Gasteiger partial charge in [-0.25, -0.2) is 4.98 Å². The van der Waals surface area contributed by atoms with E-state index in [4.69, 9.17) is 10.8 Å². The molecule has 0 spiro atoms. The lowest BCUT2D eigenvalue weighted by atomic mass is 10.2. The van der Waals surface area contributed by atoms with E-state index < -0.39 is 0 Å². The second-order valence-corrected chi connectivity index (χ2v) is 3.64. The van der Waals surface area contributed by atoms with Crippen LogP contribution in [0.15, 0.2) is 12.1 Å². The molecule has 0 atom stereocenters. The van der Waals surface area contributed by atoms with Crippen molar-refractivity contribution in [3.8, 4) is 0 Å². The zero-order valence-corrected chi connectivity index (χ0v) is 8.61.